The van der Waals surface area contributed by atoms with E-state index in [9.17, 15) is 4.79 Å². The molecule has 0 N–H and O–H groups in total. The number of carbonyl (C=O) groups excluding carboxylic acids is 1. The normalized spacial score (nSPS) is 32.1. The van der Waals surface area contributed by atoms with E-state index in [0.717, 1.165) is 19.3 Å². The van der Waals surface area contributed by atoms with E-state index >= 15 is 0 Å². The molecule has 17 heavy (non-hydrogen) atoms. The zero-order valence-corrected chi connectivity index (χ0v) is 11.5. The molecule has 1 aliphatic heterocycles. The summed E-state index contributed by atoms with van der Waals surface area (Å²) >= 11 is 0. The molecule has 1 saturated carbocycles. The summed E-state index contributed by atoms with van der Waals surface area (Å²) in [6.07, 6.45) is 8.29. The fourth-order valence-corrected chi connectivity index (χ4v) is 3.58. The monoisotopic (exact) mass is 237 g/mol. The first kappa shape index (κ1) is 13.1. The molecule has 0 aromatic rings. The van der Waals surface area contributed by atoms with Gasteiger partial charge in [0.2, 0.25) is 0 Å². The molecule has 2 fully saturated rings. The first-order valence-corrected chi connectivity index (χ1v) is 7.45. The van der Waals surface area contributed by atoms with Gasteiger partial charge in [0.15, 0.2) is 0 Å². The maximum Gasteiger partial charge on any atom is 0.137 e. The Morgan fingerprint density at radius 3 is 2.65 bits per heavy atom. The average Bonchev–Trinajstić information content (AvgIpc) is 2.30. The number of Topliss-reactive ketones (excluding diaryl/α,β-unsaturated/α-hetero) is 1. The highest BCUT2D eigenvalue weighted by atomic mass is 16.1. The van der Waals surface area contributed by atoms with Crippen LogP contribution in [0.3, 0.4) is 0 Å². The first-order valence-electron chi connectivity index (χ1n) is 7.45. The molecule has 2 rings (SSSR count). The fourth-order valence-electron chi connectivity index (χ4n) is 3.58. The predicted octanol–water partition coefficient (Wildman–Crippen LogP) is 3.26. The Hall–Kier alpha value is -0.370. The lowest BCUT2D eigenvalue weighted by molar-refractivity contribution is -0.127. The molecule has 0 aromatic carbocycles. The number of hydrogen-bond acceptors (Lipinski definition) is 2. The molecule has 0 spiro atoms. The van der Waals surface area contributed by atoms with E-state index in [-0.39, 0.29) is 0 Å². The highest BCUT2D eigenvalue weighted by Gasteiger charge is 2.35. The van der Waals surface area contributed by atoms with Gasteiger partial charge >= 0.3 is 0 Å². The second kappa shape index (κ2) is 5.99. The molecule has 2 nitrogen and oxygen atoms in total. The van der Waals surface area contributed by atoms with Crippen molar-refractivity contribution in [3.05, 3.63) is 0 Å². The molecule has 1 aliphatic carbocycles. The molecule has 2 aliphatic rings. The third kappa shape index (κ3) is 3.31. The van der Waals surface area contributed by atoms with Crippen molar-refractivity contribution in [2.75, 3.05) is 13.1 Å². The average molecular weight is 237 g/mol. The summed E-state index contributed by atoms with van der Waals surface area (Å²) in [5.41, 5.74) is 0. The molecule has 2 heteroatoms. The van der Waals surface area contributed by atoms with Crippen molar-refractivity contribution < 1.29 is 4.79 Å². The minimum Gasteiger partial charge on any atom is -0.299 e. The van der Waals surface area contributed by atoms with E-state index < -0.39 is 0 Å². The van der Waals surface area contributed by atoms with Gasteiger partial charge in [0.1, 0.15) is 5.78 Å². The highest BCUT2D eigenvalue weighted by Crippen LogP contribution is 2.32. The van der Waals surface area contributed by atoms with Crippen LogP contribution in [0.25, 0.3) is 0 Å². The lowest BCUT2D eigenvalue weighted by Crippen LogP contribution is -2.48. The zero-order chi connectivity index (χ0) is 12.3. The third-order valence-electron chi connectivity index (χ3n) is 4.33. The van der Waals surface area contributed by atoms with Crippen LogP contribution in [0.4, 0.5) is 0 Å². The molecule has 2 unspecified atom stereocenters. The van der Waals surface area contributed by atoms with Gasteiger partial charge in [-0.1, -0.05) is 26.7 Å². The number of carbonyl (C=O) groups is 1. The van der Waals surface area contributed by atoms with Crippen LogP contribution < -0.4 is 0 Å². The standard InChI is InChI=1S/C15H27NO/c1-12(2)11-16-10-6-5-8-14(16)13-7-3-4-9-15(13)17/h12-14H,3-11H2,1-2H3. The van der Waals surface area contributed by atoms with Gasteiger partial charge in [0.25, 0.3) is 0 Å². The van der Waals surface area contributed by atoms with Gasteiger partial charge in [-0.25, -0.2) is 0 Å². The number of ketones is 1. The van der Waals surface area contributed by atoms with Crippen molar-refractivity contribution in [3.8, 4) is 0 Å². The van der Waals surface area contributed by atoms with Crippen LogP contribution in [0, 0.1) is 11.8 Å². The Morgan fingerprint density at radius 1 is 1.18 bits per heavy atom. The van der Waals surface area contributed by atoms with Crippen molar-refractivity contribution in [2.24, 2.45) is 11.8 Å². The Bertz CT molecular complexity index is 262. The summed E-state index contributed by atoms with van der Waals surface area (Å²) in [5.74, 6) is 1.63. The minimum absolute atomic E-state index is 0.364. The van der Waals surface area contributed by atoms with Crippen molar-refractivity contribution >= 4 is 5.78 Å². The van der Waals surface area contributed by atoms with E-state index in [1.807, 2.05) is 0 Å². The van der Waals surface area contributed by atoms with Gasteiger partial charge in [0, 0.05) is 24.9 Å². The molecule has 0 aromatic heterocycles. The Kier molecular flexibility index (Phi) is 4.61. The molecular formula is C15H27NO. The Labute approximate surface area is 106 Å². The Morgan fingerprint density at radius 2 is 1.94 bits per heavy atom. The van der Waals surface area contributed by atoms with Crippen LogP contribution >= 0.6 is 0 Å². The van der Waals surface area contributed by atoms with E-state index in [2.05, 4.69) is 18.7 Å². The van der Waals surface area contributed by atoms with E-state index in [4.69, 9.17) is 0 Å². The molecular weight excluding hydrogens is 210 g/mol. The van der Waals surface area contributed by atoms with Crippen molar-refractivity contribution in [3.63, 3.8) is 0 Å². The maximum atomic E-state index is 12.1. The lowest BCUT2D eigenvalue weighted by atomic mass is 9.79. The number of likely N-dealkylation sites (tertiary alicyclic amines) is 1. The molecule has 0 amide bonds. The summed E-state index contributed by atoms with van der Waals surface area (Å²) in [6.45, 7) is 6.96. The zero-order valence-electron chi connectivity index (χ0n) is 11.5. The molecule has 0 bridgehead atoms. The second-order valence-electron chi connectivity index (χ2n) is 6.27. The SMILES string of the molecule is CC(C)CN1CCCCC1C1CCCCC1=O. The van der Waals surface area contributed by atoms with Crippen LogP contribution in [0.2, 0.25) is 0 Å². The topological polar surface area (TPSA) is 20.3 Å². The van der Waals surface area contributed by atoms with Gasteiger partial charge in [0.05, 0.1) is 0 Å². The van der Waals surface area contributed by atoms with Gasteiger partial charge in [-0.2, -0.15) is 0 Å². The lowest BCUT2D eigenvalue weighted by Gasteiger charge is -2.42. The van der Waals surface area contributed by atoms with Gasteiger partial charge < -0.3 is 0 Å². The van der Waals surface area contributed by atoms with E-state index in [1.165, 1.54) is 38.8 Å². The van der Waals surface area contributed by atoms with Crippen LogP contribution in [0.5, 0.6) is 0 Å². The Balaban J connectivity index is 2.01. The third-order valence-corrected chi connectivity index (χ3v) is 4.33. The maximum absolute atomic E-state index is 12.1. The van der Waals surface area contributed by atoms with Crippen LogP contribution in [0.1, 0.15) is 58.8 Å². The highest BCUT2D eigenvalue weighted by molar-refractivity contribution is 5.82. The quantitative estimate of drug-likeness (QED) is 0.751. The van der Waals surface area contributed by atoms with Crippen molar-refractivity contribution in [2.45, 2.75) is 64.8 Å². The number of piperidine rings is 1. The predicted molar refractivity (Wildman–Crippen MR) is 71.0 cm³/mol. The fraction of sp³-hybridized carbons (Fsp3) is 0.933. The first-order chi connectivity index (χ1) is 8.18. The van der Waals surface area contributed by atoms with Gasteiger partial charge in [-0.05, 0) is 38.1 Å². The largest absolute Gasteiger partial charge is 0.299 e. The summed E-state index contributed by atoms with van der Waals surface area (Å²) < 4.78 is 0. The van der Waals surface area contributed by atoms with Gasteiger partial charge in [-0.15, -0.1) is 0 Å². The van der Waals surface area contributed by atoms with Crippen LogP contribution in [-0.4, -0.2) is 29.8 Å². The van der Waals surface area contributed by atoms with Crippen molar-refractivity contribution in [1.29, 1.82) is 0 Å². The molecule has 1 saturated heterocycles. The van der Waals surface area contributed by atoms with E-state index in [1.54, 1.807) is 0 Å². The van der Waals surface area contributed by atoms with Crippen LogP contribution in [0.15, 0.2) is 0 Å². The number of hydrogen-bond donors (Lipinski definition) is 0. The summed E-state index contributed by atoms with van der Waals surface area (Å²) in [5, 5.41) is 0. The second-order valence-corrected chi connectivity index (χ2v) is 6.27. The summed E-state index contributed by atoms with van der Waals surface area (Å²) in [4.78, 5) is 14.7. The van der Waals surface area contributed by atoms with Crippen LogP contribution in [-0.2, 0) is 4.79 Å². The number of rotatable bonds is 3. The number of nitrogens with zero attached hydrogens (tertiary/aromatic N) is 1. The van der Waals surface area contributed by atoms with E-state index in [0.29, 0.717) is 23.7 Å². The molecule has 2 atom stereocenters. The van der Waals surface area contributed by atoms with Gasteiger partial charge in [-0.3, -0.25) is 9.69 Å². The summed E-state index contributed by atoms with van der Waals surface area (Å²) in [7, 11) is 0. The van der Waals surface area contributed by atoms with Crippen molar-refractivity contribution in [1.82, 2.24) is 4.90 Å². The molecule has 1 heterocycles. The molecule has 0 radical (unpaired) electrons. The smallest absolute Gasteiger partial charge is 0.137 e. The molecule has 98 valence electrons. The minimum atomic E-state index is 0.364. The summed E-state index contributed by atoms with van der Waals surface area (Å²) in [6, 6.07) is 0.568.